The summed E-state index contributed by atoms with van der Waals surface area (Å²) < 4.78 is 13.6. The summed E-state index contributed by atoms with van der Waals surface area (Å²) in [5.41, 5.74) is 3.37. The van der Waals surface area contributed by atoms with Gasteiger partial charge in [0.15, 0.2) is 0 Å². The van der Waals surface area contributed by atoms with E-state index in [4.69, 9.17) is 0 Å². The Bertz CT molecular complexity index is 770. The van der Waals surface area contributed by atoms with Crippen LogP contribution in [0.5, 0.6) is 0 Å². The Morgan fingerprint density at radius 3 is 1.77 bits per heavy atom. The maximum Gasteiger partial charge on any atom is 0.126 e. The van der Waals surface area contributed by atoms with Crippen LogP contribution in [-0.2, 0) is 0 Å². The van der Waals surface area contributed by atoms with Gasteiger partial charge >= 0.3 is 0 Å². The molecule has 2 rings (SSSR count). The fourth-order valence-electron chi connectivity index (χ4n) is 1.94. The molecule has 0 N–H and O–H groups in total. The van der Waals surface area contributed by atoms with Crippen LogP contribution in [0.1, 0.15) is 42.5 Å². The zero-order valence-corrected chi connectivity index (χ0v) is 12.8. The van der Waals surface area contributed by atoms with E-state index >= 15 is 0 Å². The van der Waals surface area contributed by atoms with Crippen molar-refractivity contribution in [3.63, 3.8) is 0 Å². The fraction of sp³-hybridized carbons (Fsp3) is 0.143. The number of allylic oxidation sites excluding steroid dienone is 1. The monoisotopic (exact) mass is 288 g/mol. The summed E-state index contributed by atoms with van der Waals surface area (Å²) in [6.07, 6.45) is 2.26. The summed E-state index contributed by atoms with van der Waals surface area (Å²) >= 11 is 0. The number of hydrogen-bond acceptors (Lipinski definition) is 0. The second kappa shape index (κ2) is 7.87. The van der Waals surface area contributed by atoms with Gasteiger partial charge < -0.3 is 0 Å². The molecular weight excluding hydrogens is 271 g/mol. The second-order valence-electron chi connectivity index (χ2n) is 4.74. The molecule has 2 aromatic carbocycles. The standard InChI is InChI=1S/C21H17F/c1-3-5-17-7-9-18(10-8-17)11-12-19-13-15-20(16-14-19)21(22)6-4-2/h6-10,13-16H,4H2,1-2H3. The molecule has 0 amide bonds. The molecule has 0 aliphatic carbocycles. The summed E-state index contributed by atoms with van der Waals surface area (Å²) in [6, 6.07) is 15.0. The lowest BCUT2D eigenvalue weighted by atomic mass is 10.1. The fourth-order valence-corrected chi connectivity index (χ4v) is 1.94. The van der Waals surface area contributed by atoms with E-state index in [0.717, 1.165) is 16.7 Å². The molecule has 22 heavy (non-hydrogen) atoms. The third-order valence-corrected chi connectivity index (χ3v) is 3.05. The molecule has 108 valence electrons. The van der Waals surface area contributed by atoms with Crippen molar-refractivity contribution in [3.8, 4) is 23.7 Å². The van der Waals surface area contributed by atoms with Gasteiger partial charge in [-0.15, -0.1) is 5.92 Å². The van der Waals surface area contributed by atoms with Gasteiger partial charge in [0, 0.05) is 22.3 Å². The summed E-state index contributed by atoms with van der Waals surface area (Å²) in [5.74, 6) is 11.9. The Kier molecular flexibility index (Phi) is 5.58. The predicted molar refractivity (Wildman–Crippen MR) is 90.8 cm³/mol. The second-order valence-corrected chi connectivity index (χ2v) is 4.74. The van der Waals surface area contributed by atoms with Crippen molar-refractivity contribution in [2.24, 2.45) is 0 Å². The largest absolute Gasteiger partial charge is 0.207 e. The Morgan fingerprint density at radius 2 is 1.32 bits per heavy atom. The van der Waals surface area contributed by atoms with E-state index in [-0.39, 0.29) is 5.83 Å². The van der Waals surface area contributed by atoms with Crippen LogP contribution in [-0.4, -0.2) is 0 Å². The van der Waals surface area contributed by atoms with E-state index in [1.807, 2.05) is 50.2 Å². The van der Waals surface area contributed by atoms with Crippen molar-refractivity contribution in [2.75, 3.05) is 0 Å². The highest BCUT2D eigenvalue weighted by Gasteiger charge is 1.98. The lowest BCUT2D eigenvalue weighted by Crippen LogP contribution is -1.81. The van der Waals surface area contributed by atoms with Gasteiger partial charge in [-0.1, -0.05) is 36.8 Å². The predicted octanol–water partition coefficient (Wildman–Crippen LogP) is 5.18. The highest BCUT2D eigenvalue weighted by molar-refractivity contribution is 5.60. The van der Waals surface area contributed by atoms with Crippen molar-refractivity contribution in [1.29, 1.82) is 0 Å². The summed E-state index contributed by atoms with van der Waals surface area (Å²) in [4.78, 5) is 0. The maximum absolute atomic E-state index is 13.6. The smallest absolute Gasteiger partial charge is 0.126 e. The van der Waals surface area contributed by atoms with Gasteiger partial charge in [-0.2, -0.15) is 0 Å². The van der Waals surface area contributed by atoms with E-state index in [1.54, 1.807) is 18.2 Å². The average molecular weight is 288 g/mol. The van der Waals surface area contributed by atoms with Crippen LogP contribution in [0.4, 0.5) is 4.39 Å². The molecular formula is C21H17F. The molecule has 1 heteroatoms. The topological polar surface area (TPSA) is 0 Å². The lowest BCUT2D eigenvalue weighted by molar-refractivity contribution is 0.755. The average Bonchev–Trinajstić information content (AvgIpc) is 2.55. The van der Waals surface area contributed by atoms with Crippen LogP contribution >= 0.6 is 0 Å². The van der Waals surface area contributed by atoms with Gasteiger partial charge in [0.1, 0.15) is 5.83 Å². The maximum atomic E-state index is 13.6. The highest BCUT2D eigenvalue weighted by Crippen LogP contribution is 2.16. The van der Waals surface area contributed by atoms with Crippen LogP contribution < -0.4 is 0 Å². The molecule has 2 aromatic rings. The minimum atomic E-state index is -0.186. The first kappa shape index (κ1) is 15.6. The first-order valence-electron chi connectivity index (χ1n) is 7.24. The van der Waals surface area contributed by atoms with E-state index in [2.05, 4.69) is 23.7 Å². The molecule has 0 atom stereocenters. The quantitative estimate of drug-likeness (QED) is 0.668. The Balaban J connectivity index is 2.14. The number of hydrogen-bond donors (Lipinski definition) is 0. The van der Waals surface area contributed by atoms with Gasteiger partial charge in [0.25, 0.3) is 0 Å². The van der Waals surface area contributed by atoms with Gasteiger partial charge in [0.05, 0.1) is 0 Å². The summed E-state index contributed by atoms with van der Waals surface area (Å²) in [5, 5.41) is 0. The zero-order valence-electron chi connectivity index (χ0n) is 12.8. The van der Waals surface area contributed by atoms with Crippen LogP contribution in [0.3, 0.4) is 0 Å². The van der Waals surface area contributed by atoms with E-state index in [0.29, 0.717) is 12.0 Å². The molecule has 0 saturated heterocycles. The van der Waals surface area contributed by atoms with E-state index < -0.39 is 0 Å². The zero-order chi connectivity index (χ0) is 15.8. The Labute approximate surface area is 131 Å². The number of rotatable bonds is 2. The minimum Gasteiger partial charge on any atom is -0.207 e. The van der Waals surface area contributed by atoms with Gasteiger partial charge in [-0.3, -0.25) is 0 Å². The molecule has 0 saturated carbocycles. The van der Waals surface area contributed by atoms with Gasteiger partial charge in [-0.25, -0.2) is 4.39 Å². The molecule has 0 unspecified atom stereocenters. The molecule has 0 aliphatic heterocycles. The molecule has 0 aliphatic rings. The third kappa shape index (κ3) is 4.37. The van der Waals surface area contributed by atoms with Crippen molar-refractivity contribution in [3.05, 3.63) is 76.9 Å². The van der Waals surface area contributed by atoms with E-state index in [9.17, 15) is 4.39 Å². The van der Waals surface area contributed by atoms with Crippen LogP contribution in [0, 0.1) is 23.7 Å². The highest BCUT2D eigenvalue weighted by atomic mass is 19.1. The molecule has 0 radical (unpaired) electrons. The summed E-state index contributed by atoms with van der Waals surface area (Å²) in [7, 11) is 0. The van der Waals surface area contributed by atoms with Crippen molar-refractivity contribution in [1.82, 2.24) is 0 Å². The Hall–Kier alpha value is -2.77. The van der Waals surface area contributed by atoms with Crippen LogP contribution in [0.15, 0.2) is 54.6 Å². The van der Waals surface area contributed by atoms with Crippen molar-refractivity contribution in [2.45, 2.75) is 20.3 Å². The molecule has 0 fully saturated rings. The summed E-state index contributed by atoms with van der Waals surface area (Å²) in [6.45, 7) is 3.73. The number of benzene rings is 2. The van der Waals surface area contributed by atoms with Crippen molar-refractivity contribution >= 4 is 5.83 Å². The molecule has 0 bridgehead atoms. The van der Waals surface area contributed by atoms with Gasteiger partial charge in [0.2, 0.25) is 0 Å². The normalized spacial score (nSPS) is 10.2. The molecule has 0 aromatic heterocycles. The Morgan fingerprint density at radius 1 is 0.864 bits per heavy atom. The SMILES string of the molecule is CC#Cc1ccc(C#Cc2ccc(C(F)=CCC)cc2)cc1. The minimum absolute atomic E-state index is 0.186. The molecule has 0 heterocycles. The van der Waals surface area contributed by atoms with Crippen LogP contribution in [0.25, 0.3) is 5.83 Å². The third-order valence-electron chi connectivity index (χ3n) is 3.05. The first-order valence-corrected chi connectivity index (χ1v) is 7.24. The van der Waals surface area contributed by atoms with Crippen LogP contribution in [0.2, 0.25) is 0 Å². The lowest BCUT2D eigenvalue weighted by Gasteiger charge is -1.97. The first-order chi connectivity index (χ1) is 10.7. The molecule has 0 spiro atoms. The van der Waals surface area contributed by atoms with E-state index in [1.165, 1.54) is 0 Å². The molecule has 0 nitrogen and oxygen atoms in total. The number of halogens is 1. The van der Waals surface area contributed by atoms with Gasteiger partial charge in [-0.05, 0) is 55.8 Å². The van der Waals surface area contributed by atoms with Crippen molar-refractivity contribution < 1.29 is 4.39 Å².